The summed E-state index contributed by atoms with van der Waals surface area (Å²) in [5, 5.41) is 3.38. The van der Waals surface area contributed by atoms with Gasteiger partial charge in [-0.25, -0.2) is 4.98 Å². The second kappa shape index (κ2) is 5.07. The highest BCUT2D eigenvalue weighted by molar-refractivity contribution is 4.82. The van der Waals surface area contributed by atoms with Crippen molar-refractivity contribution in [1.82, 2.24) is 14.9 Å². The number of hydrogen-bond acceptors (Lipinski definition) is 3. The highest BCUT2D eigenvalue weighted by Crippen LogP contribution is 1.98. The summed E-state index contributed by atoms with van der Waals surface area (Å²) in [6.07, 6.45) is 4.04. The van der Waals surface area contributed by atoms with Gasteiger partial charge in [0.05, 0.1) is 6.33 Å². The van der Waals surface area contributed by atoms with E-state index in [9.17, 15) is 4.79 Å². The van der Waals surface area contributed by atoms with Crippen LogP contribution in [0.25, 0.3) is 0 Å². The molecule has 0 saturated carbocycles. The fraction of sp³-hybridized carbons (Fsp3) is 0.636. The van der Waals surface area contributed by atoms with Crippen molar-refractivity contribution in [3.63, 3.8) is 0 Å². The maximum atomic E-state index is 11.3. The Hall–Kier alpha value is -1.16. The Labute approximate surface area is 90.3 Å². The monoisotopic (exact) mass is 209 g/mol. The molecule has 0 radical (unpaired) electrons. The molecule has 1 heterocycles. The zero-order valence-electron chi connectivity index (χ0n) is 9.66. The van der Waals surface area contributed by atoms with Crippen LogP contribution in [0.3, 0.4) is 0 Å². The van der Waals surface area contributed by atoms with Crippen LogP contribution in [-0.4, -0.2) is 21.6 Å². The maximum Gasteiger partial charge on any atom is 0.253 e. The topological polar surface area (TPSA) is 46.9 Å². The summed E-state index contributed by atoms with van der Waals surface area (Å²) in [6.45, 7) is 8.01. The summed E-state index contributed by atoms with van der Waals surface area (Å²) >= 11 is 0. The van der Waals surface area contributed by atoms with Crippen molar-refractivity contribution < 1.29 is 0 Å². The molecule has 1 aromatic heterocycles. The van der Waals surface area contributed by atoms with Gasteiger partial charge >= 0.3 is 0 Å². The third kappa shape index (κ3) is 4.74. The van der Waals surface area contributed by atoms with E-state index in [0.717, 1.165) is 19.5 Å². The summed E-state index contributed by atoms with van der Waals surface area (Å²) in [4.78, 5) is 15.2. The van der Waals surface area contributed by atoms with Gasteiger partial charge in [-0.2, -0.15) is 0 Å². The van der Waals surface area contributed by atoms with Crippen LogP contribution in [0.15, 0.2) is 23.4 Å². The molecule has 1 rings (SSSR count). The first-order valence-electron chi connectivity index (χ1n) is 5.24. The minimum Gasteiger partial charge on any atom is -0.312 e. The first kappa shape index (κ1) is 11.9. The Kier molecular flexibility index (Phi) is 4.03. The summed E-state index contributed by atoms with van der Waals surface area (Å²) in [5.41, 5.74) is 0.153. The van der Waals surface area contributed by atoms with E-state index in [1.54, 1.807) is 10.9 Å². The number of hydrogen-bond donors (Lipinski definition) is 1. The smallest absolute Gasteiger partial charge is 0.253 e. The largest absolute Gasteiger partial charge is 0.312 e. The summed E-state index contributed by atoms with van der Waals surface area (Å²) in [6, 6.07) is 1.48. The fourth-order valence-corrected chi connectivity index (χ4v) is 1.26. The molecule has 0 aliphatic carbocycles. The van der Waals surface area contributed by atoms with Gasteiger partial charge < -0.3 is 5.32 Å². The lowest BCUT2D eigenvalue weighted by molar-refractivity contribution is 0.412. The van der Waals surface area contributed by atoms with Gasteiger partial charge in [0.15, 0.2) is 0 Å². The second-order valence-corrected chi connectivity index (χ2v) is 4.64. The molecule has 15 heavy (non-hydrogen) atoms. The van der Waals surface area contributed by atoms with E-state index in [1.807, 2.05) is 0 Å². The van der Waals surface area contributed by atoms with Crippen LogP contribution >= 0.6 is 0 Å². The molecule has 0 fully saturated rings. The van der Waals surface area contributed by atoms with Crippen LogP contribution < -0.4 is 10.9 Å². The molecule has 1 aromatic rings. The van der Waals surface area contributed by atoms with Crippen LogP contribution in [0.2, 0.25) is 0 Å². The van der Waals surface area contributed by atoms with E-state index >= 15 is 0 Å². The normalized spacial score (nSPS) is 11.7. The van der Waals surface area contributed by atoms with Crippen LogP contribution in [0.4, 0.5) is 0 Å². The summed E-state index contributed by atoms with van der Waals surface area (Å²) in [5.74, 6) is 0. The lowest BCUT2D eigenvalue weighted by atomic mass is 10.1. The second-order valence-electron chi connectivity index (χ2n) is 4.64. The quantitative estimate of drug-likeness (QED) is 0.753. The number of nitrogens with zero attached hydrogens (tertiary/aromatic N) is 2. The van der Waals surface area contributed by atoms with Gasteiger partial charge in [0.2, 0.25) is 0 Å². The average molecular weight is 209 g/mol. The van der Waals surface area contributed by atoms with Crippen LogP contribution in [0.1, 0.15) is 27.2 Å². The molecular formula is C11H19N3O. The van der Waals surface area contributed by atoms with Crippen molar-refractivity contribution in [1.29, 1.82) is 0 Å². The van der Waals surface area contributed by atoms with E-state index in [0.29, 0.717) is 0 Å². The lowest BCUT2D eigenvalue weighted by Crippen LogP contribution is -2.37. The SMILES string of the molecule is CC(C)(C)NCCCn1cnccc1=O. The molecular weight excluding hydrogens is 190 g/mol. The highest BCUT2D eigenvalue weighted by Gasteiger charge is 2.07. The van der Waals surface area contributed by atoms with Gasteiger partial charge in [-0.3, -0.25) is 9.36 Å². The number of aryl methyl sites for hydroxylation is 1. The first-order valence-corrected chi connectivity index (χ1v) is 5.24. The van der Waals surface area contributed by atoms with E-state index in [2.05, 4.69) is 31.1 Å². The van der Waals surface area contributed by atoms with Crippen molar-refractivity contribution in [2.24, 2.45) is 0 Å². The van der Waals surface area contributed by atoms with Gasteiger partial charge in [-0.15, -0.1) is 0 Å². The van der Waals surface area contributed by atoms with Gasteiger partial charge in [-0.1, -0.05) is 0 Å². The molecule has 0 aliphatic rings. The predicted octanol–water partition coefficient (Wildman–Crippen LogP) is 1.02. The number of nitrogens with one attached hydrogen (secondary N) is 1. The van der Waals surface area contributed by atoms with Crippen molar-refractivity contribution in [2.75, 3.05) is 6.54 Å². The lowest BCUT2D eigenvalue weighted by Gasteiger charge is -2.20. The van der Waals surface area contributed by atoms with E-state index < -0.39 is 0 Å². The fourth-order valence-electron chi connectivity index (χ4n) is 1.26. The molecule has 0 aliphatic heterocycles. The molecule has 84 valence electrons. The third-order valence-corrected chi connectivity index (χ3v) is 2.02. The van der Waals surface area contributed by atoms with Crippen molar-refractivity contribution in [3.8, 4) is 0 Å². The summed E-state index contributed by atoms with van der Waals surface area (Å²) in [7, 11) is 0. The molecule has 4 heteroatoms. The van der Waals surface area contributed by atoms with E-state index in [1.165, 1.54) is 12.3 Å². The van der Waals surface area contributed by atoms with Crippen LogP contribution in [-0.2, 0) is 6.54 Å². The Morgan fingerprint density at radius 3 is 2.80 bits per heavy atom. The maximum absolute atomic E-state index is 11.3. The van der Waals surface area contributed by atoms with E-state index in [-0.39, 0.29) is 11.1 Å². The van der Waals surface area contributed by atoms with Gasteiger partial charge in [0.25, 0.3) is 5.56 Å². The van der Waals surface area contributed by atoms with Crippen molar-refractivity contribution in [2.45, 2.75) is 39.3 Å². The minimum absolute atomic E-state index is 0.0146. The van der Waals surface area contributed by atoms with Crippen LogP contribution in [0.5, 0.6) is 0 Å². The molecule has 0 amide bonds. The summed E-state index contributed by atoms with van der Waals surface area (Å²) < 4.78 is 1.63. The molecule has 4 nitrogen and oxygen atoms in total. The zero-order valence-corrected chi connectivity index (χ0v) is 9.66. The highest BCUT2D eigenvalue weighted by atomic mass is 16.1. The van der Waals surface area contributed by atoms with Crippen molar-refractivity contribution >= 4 is 0 Å². The van der Waals surface area contributed by atoms with Crippen molar-refractivity contribution in [3.05, 3.63) is 28.9 Å². The Bertz CT molecular complexity index is 351. The molecule has 0 bridgehead atoms. The first-order chi connectivity index (χ1) is 6.99. The molecule has 0 atom stereocenters. The van der Waals surface area contributed by atoms with E-state index in [4.69, 9.17) is 0 Å². The molecule has 1 N–H and O–H groups in total. The molecule has 0 saturated heterocycles. The molecule has 0 spiro atoms. The Morgan fingerprint density at radius 1 is 1.47 bits per heavy atom. The zero-order chi connectivity index (χ0) is 11.3. The Balaban J connectivity index is 2.33. The van der Waals surface area contributed by atoms with Gasteiger partial charge in [-0.05, 0) is 33.7 Å². The minimum atomic E-state index is 0.0146. The predicted molar refractivity (Wildman–Crippen MR) is 60.9 cm³/mol. The number of rotatable bonds is 4. The number of aromatic nitrogens is 2. The standard InChI is InChI=1S/C11H19N3O/c1-11(2,3)13-6-4-8-14-9-12-7-5-10(14)15/h5,7,9,13H,4,6,8H2,1-3H3. The average Bonchev–Trinajstić information content (AvgIpc) is 2.13. The third-order valence-electron chi connectivity index (χ3n) is 2.02. The molecule has 0 aromatic carbocycles. The van der Waals surface area contributed by atoms with Gasteiger partial charge in [0.1, 0.15) is 0 Å². The van der Waals surface area contributed by atoms with Gasteiger partial charge in [0, 0.05) is 24.3 Å². The van der Waals surface area contributed by atoms with Crippen LogP contribution in [0, 0.1) is 0 Å². The molecule has 0 unspecified atom stereocenters. The Morgan fingerprint density at radius 2 is 2.20 bits per heavy atom.